The fourth-order valence-electron chi connectivity index (χ4n) is 0.460. The van der Waals surface area contributed by atoms with Crippen molar-refractivity contribution in [1.29, 1.82) is 0 Å². The Hall–Kier alpha value is -0.640. The van der Waals surface area contributed by atoms with E-state index in [-0.39, 0.29) is 0 Å². The SMILES string of the molecule is CCSc1ncc(N)o1. The molecule has 1 rings (SSSR count). The van der Waals surface area contributed by atoms with Gasteiger partial charge in [0.25, 0.3) is 5.22 Å². The molecule has 4 heteroatoms. The van der Waals surface area contributed by atoms with E-state index in [9.17, 15) is 0 Å². The quantitative estimate of drug-likeness (QED) is 0.637. The molecule has 9 heavy (non-hydrogen) atoms. The lowest BCUT2D eigenvalue weighted by atomic mass is 10.9. The molecule has 0 fully saturated rings. The highest BCUT2D eigenvalue weighted by molar-refractivity contribution is 7.99. The van der Waals surface area contributed by atoms with Gasteiger partial charge in [-0.25, -0.2) is 4.98 Å². The van der Waals surface area contributed by atoms with Crippen LogP contribution < -0.4 is 5.73 Å². The van der Waals surface area contributed by atoms with Crippen LogP contribution in [0.25, 0.3) is 0 Å². The molecule has 0 saturated carbocycles. The first kappa shape index (κ1) is 6.48. The number of rotatable bonds is 2. The molecule has 0 aromatic carbocycles. The lowest BCUT2D eigenvalue weighted by molar-refractivity contribution is 0.470. The Kier molecular flexibility index (Phi) is 2.00. The maximum atomic E-state index is 5.27. The third-order valence-corrected chi connectivity index (χ3v) is 1.49. The Morgan fingerprint density at radius 1 is 1.89 bits per heavy atom. The molecule has 50 valence electrons. The van der Waals surface area contributed by atoms with Crippen LogP contribution in [0.1, 0.15) is 6.92 Å². The molecular weight excluding hydrogens is 136 g/mol. The first-order valence-corrected chi connectivity index (χ1v) is 3.65. The van der Waals surface area contributed by atoms with E-state index in [1.807, 2.05) is 6.92 Å². The first-order valence-electron chi connectivity index (χ1n) is 2.67. The number of thioether (sulfide) groups is 1. The van der Waals surface area contributed by atoms with E-state index >= 15 is 0 Å². The van der Waals surface area contributed by atoms with Crippen LogP contribution in [-0.4, -0.2) is 10.7 Å². The van der Waals surface area contributed by atoms with Crippen molar-refractivity contribution in [3.8, 4) is 0 Å². The summed E-state index contributed by atoms with van der Waals surface area (Å²) in [5.74, 6) is 1.34. The number of nitrogens with two attached hydrogens (primary N) is 1. The van der Waals surface area contributed by atoms with Crippen molar-refractivity contribution in [2.45, 2.75) is 12.1 Å². The molecule has 1 heterocycles. The number of nitrogens with zero attached hydrogens (tertiary/aromatic N) is 1. The van der Waals surface area contributed by atoms with Gasteiger partial charge in [-0.2, -0.15) is 0 Å². The van der Waals surface area contributed by atoms with Gasteiger partial charge >= 0.3 is 0 Å². The molecule has 3 nitrogen and oxygen atoms in total. The molecule has 0 unspecified atom stereocenters. The minimum atomic E-state index is 0.381. The first-order chi connectivity index (χ1) is 4.33. The molecule has 0 radical (unpaired) electrons. The molecule has 0 atom stereocenters. The van der Waals surface area contributed by atoms with Gasteiger partial charge in [0.1, 0.15) is 0 Å². The summed E-state index contributed by atoms with van der Waals surface area (Å²) in [5.41, 5.74) is 5.27. The molecular formula is C5H8N2OS. The number of anilines is 1. The minimum Gasteiger partial charge on any atom is -0.416 e. The minimum absolute atomic E-state index is 0.381. The Morgan fingerprint density at radius 2 is 2.67 bits per heavy atom. The fourth-order valence-corrected chi connectivity index (χ4v) is 0.989. The maximum absolute atomic E-state index is 5.27. The van der Waals surface area contributed by atoms with Crippen LogP contribution in [0.4, 0.5) is 5.88 Å². The van der Waals surface area contributed by atoms with Gasteiger partial charge in [0.2, 0.25) is 5.88 Å². The van der Waals surface area contributed by atoms with E-state index in [1.165, 1.54) is 18.0 Å². The number of nitrogen functional groups attached to an aromatic ring is 1. The molecule has 1 aromatic heterocycles. The summed E-state index contributed by atoms with van der Waals surface area (Å²) in [6.45, 7) is 2.03. The van der Waals surface area contributed by atoms with Gasteiger partial charge in [-0.15, -0.1) is 0 Å². The van der Waals surface area contributed by atoms with Crippen LogP contribution in [0.3, 0.4) is 0 Å². The second-order valence-electron chi connectivity index (χ2n) is 1.46. The van der Waals surface area contributed by atoms with Gasteiger partial charge in [-0.3, -0.25) is 0 Å². The highest BCUT2D eigenvalue weighted by atomic mass is 32.2. The van der Waals surface area contributed by atoms with E-state index in [4.69, 9.17) is 10.2 Å². The standard InChI is InChI=1S/C5H8N2OS/c1-2-9-5-7-3-4(6)8-5/h3H,2,6H2,1H3. The zero-order valence-corrected chi connectivity index (χ0v) is 5.94. The van der Waals surface area contributed by atoms with Crippen molar-refractivity contribution in [1.82, 2.24) is 4.98 Å². The third-order valence-electron chi connectivity index (χ3n) is 0.770. The number of aromatic nitrogens is 1. The van der Waals surface area contributed by atoms with Crippen LogP contribution in [0, 0.1) is 0 Å². The summed E-state index contributed by atoms with van der Waals surface area (Å²) in [7, 11) is 0. The van der Waals surface area contributed by atoms with Gasteiger partial charge in [-0.1, -0.05) is 18.7 Å². The summed E-state index contributed by atoms with van der Waals surface area (Å²) in [6.07, 6.45) is 1.51. The van der Waals surface area contributed by atoms with Crippen LogP contribution >= 0.6 is 11.8 Å². The molecule has 0 aliphatic carbocycles. The second-order valence-corrected chi connectivity index (χ2v) is 2.68. The van der Waals surface area contributed by atoms with Crippen molar-refractivity contribution in [3.05, 3.63) is 6.20 Å². The Bertz CT molecular complexity index is 187. The lowest BCUT2D eigenvalue weighted by Crippen LogP contribution is -1.75. The molecule has 0 aliphatic heterocycles. The topological polar surface area (TPSA) is 52.0 Å². The largest absolute Gasteiger partial charge is 0.416 e. The molecule has 0 bridgehead atoms. The second kappa shape index (κ2) is 2.77. The molecule has 2 N–H and O–H groups in total. The van der Waals surface area contributed by atoms with Crippen LogP contribution in [0.2, 0.25) is 0 Å². The summed E-state index contributed by atoms with van der Waals surface area (Å²) in [4.78, 5) is 3.88. The Balaban J connectivity index is 2.61. The van der Waals surface area contributed by atoms with Gasteiger partial charge in [0.05, 0.1) is 6.20 Å². The molecule has 0 spiro atoms. The van der Waals surface area contributed by atoms with E-state index in [0.29, 0.717) is 11.1 Å². The highest BCUT2D eigenvalue weighted by Gasteiger charge is 1.97. The molecule has 0 amide bonds. The highest BCUT2D eigenvalue weighted by Crippen LogP contribution is 2.17. The Morgan fingerprint density at radius 3 is 3.11 bits per heavy atom. The van der Waals surface area contributed by atoms with Gasteiger partial charge in [-0.05, 0) is 5.75 Å². The van der Waals surface area contributed by atoms with Crippen molar-refractivity contribution >= 4 is 17.6 Å². The van der Waals surface area contributed by atoms with Gasteiger partial charge in [0, 0.05) is 0 Å². The monoisotopic (exact) mass is 144 g/mol. The zero-order chi connectivity index (χ0) is 6.69. The van der Waals surface area contributed by atoms with E-state index in [2.05, 4.69) is 4.98 Å². The van der Waals surface area contributed by atoms with E-state index in [1.54, 1.807) is 0 Å². The van der Waals surface area contributed by atoms with Crippen LogP contribution in [0.5, 0.6) is 0 Å². The number of hydrogen-bond acceptors (Lipinski definition) is 4. The predicted octanol–water partition coefficient (Wildman–Crippen LogP) is 1.37. The van der Waals surface area contributed by atoms with E-state index in [0.717, 1.165) is 5.75 Å². The summed E-state index contributed by atoms with van der Waals surface area (Å²) in [6, 6.07) is 0. The number of hydrogen-bond donors (Lipinski definition) is 1. The fraction of sp³-hybridized carbons (Fsp3) is 0.400. The smallest absolute Gasteiger partial charge is 0.257 e. The normalized spacial score (nSPS) is 9.89. The van der Waals surface area contributed by atoms with Gasteiger partial charge in [0.15, 0.2) is 0 Å². The maximum Gasteiger partial charge on any atom is 0.257 e. The molecule has 0 saturated heterocycles. The van der Waals surface area contributed by atoms with Crippen molar-refractivity contribution in [3.63, 3.8) is 0 Å². The lowest BCUT2D eigenvalue weighted by Gasteiger charge is -1.85. The van der Waals surface area contributed by atoms with E-state index < -0.39 is 0 Å². The summed E-state index contributed by atoms with van der Waals surface area (Å²) in [5, 5.41) is 0.648. The third kappa shape index (κ3) is 1.64. The van der Waals surface area contributed by atoms with Crippen LogP contribution in [-0.2, 0) is 0 Å². The van der Waals surface area contributed by atoms with Crippen LogP contribution in [0.15, 0.2) is 15.8 Å². The average Bonchev–Trinajstić information content (AvgIpc) is 2.17. The Labute approximate surface area is 57.6 Å². The zero-order valence-electron chi connectivity index (χ0n) is 5.13. The van der Waals surface area contributed by atoms with Crippen molar-refractivity contribution in [2.75, 3.05) is 11.5 Å². The molecule has 0 aliphatic rings. The number of oxazole rings is 1. The summed E-state index contributed by atoms with van der Waals surface area (Å²) < 4.78 is 4.95. The van der Waals surface area contributed by atoms with Crippen molar-refractivity contribution < 1.29 is 4.42 Å². The van der Waals surface area contributed by atoms with Crippen molar-refractivity contribution in [2.24, 2.45) is 0 Å². The predicted molar refractivity (Wildman–Crippen MR) is 37.3 cm³/mol. The molecule has 1 aromatic rings. The average molecular weight is 144 g/mol. The van der Waals surface area contributed by atoms with Gasteiger partial charge < -0.3 is 10.2 Å². The summed E-state index contributed by atoms with van der Waals surface area (Å²) >= 11 is 1.54.